The monoisotopic (exact) mass is 574 g/mol. The van der Waals surface area contributed by atoms with Gasteiger partial charge in [0, 0.05) is 32.9 Å². The van der Waals surface area contributed by atoms with Crippen LogP contribution in [0.2, 0.25) is 10.0 Å². The SMILES string of the molecule is CCOC(=O)c1ccc(N(Cc2c(Cl)cccc2Cl)C(=S)NC(=O)c2cc(OCC)cc(OCC)c2)cc1. The van der Waals surface area contributed by atoms with Crippen LogP contribution in [0, 0.1) is 0 Å². The lowest BCUT2D eigenvalue weighted by Gasteiger charge is -2.27. The topological polar surface area (TPSA) is 77.1 Å². The molecule has 1 N–H and O–H groups in total. The van der Waals surface area contributed by atoms with Crippen molar-refractivity contribution in [3.63, 3.8) is 0 Å². The molecule has 0 spiro atoms. The van der Waals surface area contributed by atoms with E-state index in [2.05, 4.69) is 5.32 Å². The first-order valence-electron chi connectivity index (χ1n) is 12.0. The number of carbonyl (C=O) groups excluding carboxylic acids is 2. The van der Waals surface area contributed by atoms with Crippen LogP contribution < -0.4 is 19.7 Å². The highest BCUT2D eigenvalue weighted by molar-refractivity contribution is 7.80. The van der Waals surface area contributed by atoms with E-state index >= 15 is 0 Å². The number of thiocarbonyl (C=S) groups is 1. The van der Waals surface area contributed by atoms with Crippen LogP contribution in [0.25, 0.3) is 0 Å². The molecular weight excluding hydrogens is 547 g/mol. The van der Waals surface area contributed by atoms with Gasteiger partial charge in [-0.2, -0.15) is 0 Å². The minimum atomic E-state index is -0.448. The number of benzene rings is 3. The highest BCUT2D eigenvalue weighted by Gasteiger charge is 2.20. The molecule has 0 aliphatic carbocycles. The highest BCUT2D eigenvalue weighted by Crippen LogP contribution is 2.29. The average Bonchev–Trinajstić information content (AvgIpc) is 2.89. The molecule has 38 heavy (non-hydrogen) atoms. The van der Waals surface area contributed by atoms with Gasteiger partial charge in [0.1, 0.15) is 11.5 Å². The van der Waals surface area contributed by atoms with Gasteiger partial charge in [-0.25, -0.2) is 4.79 Å². The summed E-state index contributed by atoms with van der Waals surface area (Å²) in [6.07, 6.45) is 0. The molecule has 1 amide bonds. The number of hydrogen-bond donors (Lipinski definition) is 1. The van der Waals surface area contributed by atoms with Gasteiger partial charge in [-0.15, -0.1) is 0 Å². The van der Waals surface area contributed by atoms with Gasteiger partial charge in [-0.1, -0.05) is 29.3 Å². The van der Waals surface area contributed by atoms with Crippen molar-refractivity contribution < 1.29 is 23.8 Å². The van der Waals surface area contributed by atoms with Crippen molar-refractivity contribution in [3.05, 3.63) is 87.4 Å². The number of anilines is 1. The lowest BCUT2D eigenvalue weighted by Crippen LogP contribution is -2.42. The molecule has 0 heterocycles. The summed E-state index contributed by atoms with van der Waals surface area (Å²) in [5.41, 5.74) is 1.93. The van der Waals surface area contributed by atoms with Crippen molar-refractivity contribution in [2.75, 3.05) is 24.7 Å². The smallest absolute Gasteiger partial charge is 0.338 e. The molecule has 0 aliphatic rings. The van der Waals surface area contributed by atoms with Crippen molar-refractivity contribution in [2.24, 2.45) is 0 Å². The predicted octanol–water partition coefficient (Wildman–Crippen LogP) is 6.69. The third-order valence-corrected chi connectivity index (χ3v) is 6.33. The van der Waals surface area contributed by atoms with E-state index in [0.717, 1.165) is 0 Å². The van der Waals surface area contributed by atoms with Crippen LogP contribution in [0.5, 0.6) is 11.5 Å². The molecule has 3 aromatic rings. The van der Waals surface area contributed by atoms with Crippen LogP contribution in [0.3, 0.4) is 0 Å². The third-order valence-electron chi connectivity index (χ3n) is 5.30. The Kier molecular flexibility index (Phi) is 10.8. The molecule has 3 aromatic carbocycles. The van der Waals surface area contributed by atoms with E-state index in [1.807, 2.05) is 13.8 Å². The summed E-state index contributed by atoms with van der Waals surface area (Å²) in [7, 11) is 0. The molecule has 0 atom stereocenters. The third kappa shape index (κ3) is 7.60. The van der Waals surface area contributed by atoms with Crippen molar-refractivity contribution >= 4 is 58.1 Å². The van der Waals surface area contributed by atoms with Crippen molar-refractivity contribution in [3.8, 4) is 11.5 Å². The van der Waals surface area contributed by atoms with Crippen LogP contribution in [0.4, 0.5) is 5.69 Å². The number of nitrogens with zero attached hydrogens (tertiary/aromatic N) is 1. The molecule has 0 aliphatic heterocycles. The molecule has 0 saturated heterocycles. The lowest BCUT2D eigenvalue weighted by molar-refractivity contribution is 0.0526. The molecule has 3 rings (SSSR count). The quantitative estimate of drug-likeness (QED) is 0.213. The van der Waals surface area contributed by atoms with E-state index in [9.17, 15) is 9.59 Å². The highest BCUT2D eigenvalue weighted by atomic mass is 35.5. The van der Waals surface area contributed by atoms with Gasteiger partial charge in [-0.3, -0.25) is 10.1 Å². The van der Waals surface area contributed by atoms with Crippen molar-refractivity contribution in [1.82, 2.24) is 5.32 Å². The number of hydrogen-bond acceptors (Lipinski definition) is 6. The predicted molar refractivity (Wildman–Crippen MR) is 154 cm³/mol. The van der Waals surface area contributed by atoms with Gasteiger partial charge in [0.05, 0.1) is 31.9 Å². The zero-order valence-electron chi connectivity index (χ0n) is 21.3. The fourth-order valence-electron chi connectivity index (χ4n) is 3.55. The Bertz CT molecular complexity index is 1260. The number of nitrogens with one attached hydrogen (secondary N) is 1. The minimum Gasteiger partial charge on any atom is -0.494 e. The summed E-state index contributed by atoms with van der Waals surface area (Å²) in [6, 6.07) is 16.8. The largest absolute Gasteiger partial charge is 0.494 e. The van der Waals surface area contributed by atoms with Gasteiger partial charge in [0.15, 0.2) is 5.11 Å². The normalized spacial score (nSPS) is 10.4. The Morgan fingerprint density at radius 1 is 0.842 bits per heavy atom. The number of ether oxygens (including phenoxy) is 3. The minimum absolute atomic E-state index is 0.106. The van der Waals surface area contributed by atoms with E-state index in [0.29, 0.717) is 57.1 Å². The number of halogens is 2. The Morgan fingerprint density at radius 3 is 1.95 bits per heavy atom. The van der Waals surface area contributed by atoms with Crippen molar-refractivity contribution in [1.29, 1.82) is 0 Å². The average molecular weight is 576 g/mol. The maximum absolute atomic E-state index is 13.3. The van der Waals surface area contributed by atoms with Crippen molar-refractivity contribution in [2.45, 2.75) is 27.3 Å². The molecule has 0 unspecified atom stereocenters. The fraction of sp³-hybridized carbons (Fsp3) is 0.250. The second kappa shape index (κ2) is 14.0. The molecule has 0 radical (unpaired) electrons. The molecule has 0 saturated carbocycles. The first kappa shape index (κ1) is 29.2. The molecule has 200 valence electrons. The summed E-state index contributed by atoms with van der Waals surface area (Å²) in [5.74, 6) is 0.123. The second-order valence-corrected chi connectivity index (χ2v) is 9.07. The fourth-order valence-corrected chi connectivity index (χ4v) is 4.33. The van der Waals surface area contributed by atoms with E-state index in [-0.39, 0.29) is 18.3 Å². The van der Waals surface area contributed by atoms with Gasteiger partial charge >= 0.3 is 5.97 Å². The maximum Gasteiger partial charge on any atom is 0.338 e. The molecule has 10 heteroatoms. The summed E-state index contributed by atoms with van der Waals surface area (Å²) in [5, 5.41) is 3.79. The van der Waals surface area contributed by atoms with E-state index in [1.54, 1.807) is 72.5 Å². The Balaban J connectivity index is 1.93. The number of esters is 1. The Morgan fingerprint density at radius 2 is 1.42 bits per heavy atom. The molecular formula is C28H28Cl2N2O5S. The molecule has 0 bridgehead atoms. The second-order valence-electron chi connectivity index (χ2n) is 7.87. The van der Waals surface area contributed by atoms with E-state index in [1.165, 1.54) is 0 Å². The maximum atomic E-state index is 13.3. The summed E-state index contributed by atoms with van der Waals surface area (Å²) in [4.78, 5) is 27.0. The Labute approximate surface area is 237 Å². The number of rotatable bonds is 10. The first-order valence-corrected chi connectivity index (χ1v) is 13.2. The molecule has 0 fully saturated rings. The molecule has 0 aromatic heterocycles. The zero-order chi connectivity index (χ0) is 27.7. The van der Waals surface area contributed by atoms with Gasteiger partial charge < -0.3 is 19.1 Å². The van der Waals surface area contributed by atoms with Crippen LogP contribution in [0.15, 0.2) is 60.7 Å². The lowest BCUT2D eigenvalue weighted by atomic mass is 10.1. The number of amides is 1. The van der Waals surface area contributed by atoms with E-state index < -0.39 is 11.9 Å². The van der Waals surface area contributed by atoms with Crippen LogP contribution in [0.1, 0.15) is 47.1 Å². The summed E-state index contributed by atoms with van der Waals surface area (Å²) in [6.45, 7) is 6.75. The van der Waals surface area contributed by atoms with Crippen LogP contribution >= 0.6 is 35.4 Å². The van der Waals surface area contributed by atoms with Gasteiger partial charge in [0.25, 0.3) is 5.91 Å². The summed E-state index contributed by atoms with van der Waals surface area (Å²) >= 11 is 18.5. The first-order chi connectivity index (χ1) is 18.3. The standard InChI is InChI=1S/C28H28Cl2N2O5S/c1-4-35-21-14-19(15-22(16-21)36-5-2)26(33)31-28(38)32(17-23-24(29)8-7-9-25(23)30)20-12-10-18(11-13-20)27(34)37-6-3/h7-16H,4-6,17H2,1-3H3,(H,31,33,38). The zero-order valence-corrected chi connectivity index (χ0v) is 23.6. The van der Waals surface area contributed by atoms with E-state index in [4.69, 9.17) is 49.6 Å². The van der Waals surface area contributed by atoms with Crippen LogP contribution in [-0.4, -0.2) is 36.8 Å². The number of carbonyl (C=O) groups is 2. The summed E-state index contributed by atoms with van der Waals surface area (Å²) < 4.78 is 16.2. The Hall–Kier alpha value is -3.33. The van der Waals surface area contributed by atoms with Gasteiger partial charge in [-0.05, 0) is 81.5 Å². The molecule has 7 nitrogen and oxygen atoms in total. The van der Waals surface area contributed by atoms with Crippen LogP contribution in [-0.2, 0) is 11.3 Å². The van der Waals surface area contributed by atoms with Gasteiger partial charge in [0.2, 0.25) is 0 Å².